The summed E-state index contributed by atoms with van der Waals surface area (Å²) in [5.74, 6) is -0.0203. The molecule has 6 heteroatoms. The van der Waals surface area contributed by atoms with Gasteiger partial charge in [-0.1, -0.05) is 26.8 Å². The van der Waals surface area contributed by atoms with Crippen molar-refractivity contribution in [3.63, 3.8) is 0 Å². The Morgan fingerprint density at radius 1 is 1.27 bits per heavy atom. The van der Waals surface area contributed by atoms with Gasteiger partial charge in [0.2, 0.25) is 11.9 Å². The molecule has 1 aromatic carbocycles. The van der Waals surface area contributed by atoms with Gasteiger partial charge in [-0.15, -0.1) is 0 Å². The van der Waals surface area contributed by atoms with E-state index in [0.29, 0.717) is 30.1 Å². The van der Waals surface area contributed by atoms with Gasteiger partial charge in [-0.05, 0) is 42.7 Å². The van der Waals surface area contributed by atoms with Crippen LogP contribution in [0.1, 0.15) is 44.5 Å². The smallest absolute Gasteiger partial charge is 0.338 e. The maximum absolute atomic E-state index is 12.4. The van der Waals surface area contributed by atoms with E-state index in [1.807, 2.05) is 43.6 Å². The molecule has 1 aliphatic rings. The summed E-state index contributed by atoms with van der Waals surface area (Å²) in [4.78, 5) is 29.0. The largest absolute Gasteiger partial charge is 0.462 e. The van der Waals surface area contributed by atoms with Crippen LogP contribution in [0.15, 0.2) is 36.4 Å². The number of aromatic nitrogens is 2. The van der Waals surface area contributed by atoms with E-state index < -0.39 is 0 Å². The number of imidazole rings is 1. The normalized spacial score (nSPS) is 13.3. The second kappa shape index (κ2) is 6.78. The molecule has 26 heavy (non-hydrogen) atoms. The highest BCUT2D eigenvalue weighted by atomic mass is 16.5. The lowest BCUT2D eigenvalue weighted by molar-refractivity contribution is -0.117. The van der Waals surface area contributed by atoms with E-state index in [1.54, 1.807) is 25.1 Å². The molecule has 0 unspecified atom stereocenters. The Kier molecular flexibility index (Phi) is 4.68. The van der Waals surface area contributed by atoms with E-state index in [0.717, 1.165) is 11.2 Å². The number of esters is 1. The number of nitrogens with one attached hydrogen (secondary N) is 1. The van der Waals surface area contributed by atoms with E-state index in [4.69, 9.17) is 4.74 Å². The fourth-order valence-corrected chi connectivity index (χ4v) is 2.74. The first-order valence-electron chi connectivity index (χ1n) is 8.67. The Morgan fingerprint density at radius 2 is 2.00 bits per heavy atom. The second-order valence-corrected chi connectivity index (χ2v) is 7.43. The molecular formula is C20H23N3O3. The molecule has 0 radical (unpaired) electrons. The van der Waals surface area contributed by atoms with Gasteiger partial charge < -0.3 is 4.74 Å². The van der Waals surface area contributed by atoms with Crippen molar-refractivity contribution < 1.29 is 14.3 Å². The topological polar surface area (TPSA) is 73.2 Å². The van der Waals surface area contributed by atoms with E-state index in [2.05, 4.69) is 10.3 Å². The molecule has 0 saturated carbocycles. The molecule has 1 amide bonds. The first-order chi connectivity index (χ1) is 12.3. The lowest BCUT2D eigenvalue weighted by atomic mass is 9.92. The van der Waals surface area contributed by atoms with Crippen molar-refractivity contribution in [2.24, 2.45) is 5.41 Å². The highest BCUT2D eigenvalue weighted by Crippen LogP contribution is 2.29. The summed E-state index contributed by atoms with van der Waals surface area (Å²) in [5.41, 5.74) is 2.69. The number of ether oxygens (including phenoxy) is 1. The van der Waals surface area contributed by atoms with Gasteiger partial charge in [0.25, 0.3) is 0 Å². The molecule has 136 valence electrons. The van der Waals surface area contributed by atoms with Gasteiger partial charge in [-0.25, -0.2) is 9.78 Å². The summed E-state index contributed by atoms with van der Waals surface area (Å²) in [6, 6.07) is 5.19. The van der Waals surface area contributed by atoms with Gasteiger partial charge in [0.15, 0.2) is 0 Å². The summed E-state index contributed by atoms with van der Waals surface area (Å²) in [6.45, 7) is 8.13. The average Bonchev–Trinajstić information content (AvgIpc) is 2.81. The van der Waals surface area contributed by atoms with Gasteiger partial charge >= 0.3 is 5.97 Å². The number of allylic oxidation sites excluding steroid dienone is 4. The van der Waals surface area contributed by atoms with E-state index in [-0.39, 0.29) is 17.3 Å². The molecule has 0 spiro atoms. The Hall–Kier alpha value is -2.89. The number of nitrogens with zero attached hydrogens (tertiary/aromatic N) is 2. The van der Waals surface area contributed by atoms with Crippen LogP contribution < -0.4 is 5.32 Å². The molecule has 1 aliphatic carbocycles. The second-order valence-electron chi connectivity index (χ2n) is 7.43. The molecule has 0 aliphatic heterocycles. The number of hydrogen-bond acceptors (Lipinski definition) is 4. The van der Waals surface area contributed by atoms with Crippen LogP contribution in [0.5, 0.6) is 0 Å². The molecular weight excluding hydrogens is 330 g/mol. The van der Waals surface area contributed by atoms with Crippen LogP contribution in [0.4, 0.5) is 5.95 Å². The number of benzene rings is 1. The third kappa shape index (κ3) is 3.69. The highest BCUT2D eigenvalue weighted by Gasteiger charge is 2.21. The SMILES string of the molecule is CCOC(=O)c1ccc2nc(NC(=O)CC(C)(C)C)n(C3=CC=C3)c2c1. The minimum atomic E-state index is -0.376. The molecule has 0 atom stereocenters. The highest BCUT2D eigenvalue weighted by molar-refractivity contribution is 5.98. The van der Waals surface area contributed by atoms with Crippen molar-refractivity contribution in [2.75, 3.05) is 11.9 Å². The number of fused-ring (bicyclic) bond motifs is 1. The first kappa shape index (κ1) is 17.9. The number of amides is 1. The molecule has 1 aromatic heterocycles. The van der Waals surface area contributed by atoms with Crippen LogP contribution in [-0.2, 0) is 9.53 Å². The summed E-state index contributed by atoms with van der Waals surface area (Å²) >= 11 is 0. The molecule has 1 heterocycles. The maximum atomic E-state index is 12.4. The van der Waals surface area contributed by atoms with Gasteiger partial charge in [0, 0.05) is 12.1 Å². The van der Waals surface area contributed by atoms with Crippen LogP contribution >= 0.6 is 0 Å². The predicted molar refractivity (Wildman–Crippen MR) is 102 cm³/mol. The van der Waals surface area contributed by atoms with Crippen LogP contribution in [-0.4, -0.2) is 28.0 Å². The van der Waals surface area contributed by atoms with Crippen molar-refractivity contribution in [1.29, 1.82) is 0 Å². The van der Waals surface area contributed by atoms with E-state index in [9.17, 15) is 9.59 Å². The predicted octanol–water partition coefficient (Wildman–Crippen LogP) is 4.00. The Balaban J connectivity index is 2.00. The van der Waals surface area contributed by atoms with Crippen molar-refractivity contribution in [3.05, 3.63) is 42.0 Å². The molecule has 1 N–H and O–H groups in total. The molecule has 0 bridgehead atoms. The maximum Gasteiger partial charge on any atom is 0.338 e. The van der Waals surface area contributed by atoms with Crippen LogP contribution in [0.2, 0.25) is 0 Å². The zero-order chi connectivity index (χ0) is 18.9. The quantitative estimate of drug-likeness (QED) is 0.825. The van der Waals surface area contributed by atoms with E-state index >= 15 is 0 Å². The Morgan fingerprint density at radius 3 is 2.58 bits per heavy atom. The monoisotopic (exact) mass is 353 g/mol. The Bertz CT molecular complexity index is 930. The zero-order valence-corrected chi connectivity index (χ0v) is 15.5. The van der Waals surface area contributed by atoms with Gasteiger partial charge in [-0.2, -0.15) is 0 Å². The van der Waals surface area contributed by atoms with Crippen molar-refractivity contribution >= 4 is 34.6 Å². The number of carbonyl (C=O) groups is 2. The van der Waals surface area contributed by atoms with Crippen LogP contribution in [0.25, 0.3) is 16.7 Å². The Labute approximate surface area is 152 Å². The number of hydrogen-bond donors (Lipinski definition) is 1. The van der Waals surface area contributed by atoms with Crippen molar-refractivity contribution in [2.45, 2.75) is 34.1 Å². The van der Waals surface area contributed by atoms with Crippen molar-refractivity contribution in [3.8, 4) is 0 Å². The van der Waals surface area contributed by atoms with Gasteiger partial charge in [-0.3, -0.25) is 14.7 Å². The van der Waals surface area contributed by atoms with Crippen LogP contribution in [0, 0.1) is 5.41 Å². The third-order valence-electron chi connectivity index (χ3n) is 3.90. The standard InChI is InChI=1S/C20H23N3O3/c1-5-26-18(25)13-9-10-15-16(11-13)23(14-7-6-8-14)19(21-15)22-17(24)12-20(2,3)4/h6-11H,5,12H2,1-4H3,(H,21,22,24). The fourth-order valence-electron chi connectivity index (χ4n) is 2.74. The lowest BCUT2D eigenvalue weighted by Crippen LogP contribution is -2.21. The minimum absolute atomic E-state index is 0.0939. The summed E-state index contributed by atoms with van der Waals surface area (Å²) < 4.78 is 6.92. The number of carbonyl (C=O) groups excluding carboxylic acids is 2. The van der Waals surface area contributed by atoms with Gasteiger partial charge in [0.1, 0.15) is 0 Å². The van der Waals surface area contributed by atoms with Crippen LogP contribution in [0.3, 0.4) is 0 Å². The molecule has 3 rings (SSSR count). The summed E-state index contributed by atoms with van der Waals surface area (Å²) in [6.07, 6.45) is 6.16. The molecule has 2 aromatic rings. The molecule has 0 fully saturated rings. The lowest BCUT2D eigenvalue weighted by Gasteiger charge is -2.18. The average molecular weight is 353 g/mol. The summed E-state index contributed by atoms with van der Waals surface area (Å²) in [5, 5.41) is 2.90. The minimum Gasteiger partial charge on any atom is -0.462 e. The first-order valence-corrected chi connectivity index (χ1v) is 8.67. The van der Waals surface area contributed by atoms with Gasteiger partial charge in [0.05, 0.1) is 23.2 Å². The molecule has 0 saturated heterocycles. The third-order valence-corrected chi connectivity index (χ3v) is 3.90. The molecule has 6 nitrogen and oxygen atoms in total. The fraction of sp³-hybridized carbons (Fsp3) is 0.350. The summed E-state index contributed by atoms with van der Waals surface area (Å²) in [7, 11) is 0. The number of anilines is 1. The zero-order valence-electron chi connectivity index (χ0n) is 15.5. The number of rotatable bonds is 5. The van der Waals surface area contributed by atoms with E-state index in [1.165, 1.54) is 0 Å². The van der Waals surface area contributed by atoms with Crippen molar-refractivity contribution in [1.82, 2.24) is 9.55 Å².